The third kappa shape index (κ3) is 5.46. The predicted octanol–water partition coefficient (Wildman–Crippen LogP) is 3.52. The fourth-order valence-electron chi connectivity index (χ4n) is 3.34. The topological polar surface area (TPSA) is 118 Å². The first-order valence-electron chi connectivity index (χ1n) is 9.65. The van der Waals surface area contributed by atoms with Crippen LogP contribution in [0.5, 0.6) is 5.75 Å². The molecule has 1 heterocycles. The standard InChI is InChI=1S/C22H19F3N2O6S/c1-12-9-17(13(2)27(12)14-3-5-15(6-4-14)33-22(24)25)20(28)11-32-21(29)18-10-16(34(26,30)31)7-8-19(18)23/h3-10,22H,11H2,1-2H3,(H2,26,30,31). The molecule has 0 aliphatic carbocycles. The second-order valence-electron chi connectivity index (χ2n) is 7.18. The number of primary sulfonamides is 1. The smallest absolute Gasteiger partial charge is 0.387 e. The summed E-state index contributed by atoms with van der Waals surface area (Å²) < 4.78 is 72.4. The Balaban J connectivity index is 1.77. The van der Waals surface area contributed by atoms with E-state index in [4.69, 9.17) is 9.88 Å². The molecule has 12 heteroatoms. The van der Waals surface area contributed by atoms with Crippen LogP contribution in [0.4, 0.5) is 13.2 Å². The molecule has 1 aromatic heterocycles. The molecule has 0 saturated carbocycles. The van der Waals surface area contributed by atoms with Gasteiger partial charge >= 0.3 is 12.6 Å². The fraction of sp³-hybridized carbons (Fsp3) is 0.182. The summed E-state index contributed by atoms with van der Waals surface area (Å²) in [4.78, 5) is 24.4. The highest BCUT2D eigenvalue weighted by molar-refractivity contribution is 7.89. The number of benzene rings is 2. The molecule has 0 atom stereocenters. The zero-order valence-corrected chi connectivity index (χ0v) is 18.7. The van der Waals surface area contributed by atoms with E-state index in [1.807, 2.05) is 0 Å². The number of Topliss-reactive ketones (excluding diaryl/α,β-unsaturated/α-hetero) is 1. The Labute approximate surface area is 192 Å². The fourth-order valence-corrected chi connectivity index (χ4v) is 3.88. The van der Waals surface area contributed by atoms with Crippen molar-refractivity contribution in [2.45, 2.75) is 25.4 Å². The molecule has 0 amide bonds. The maximum Gasteiger partial charge on any atom is 0.387 e. The molecule has 0 saturated heterocycles. The number of nitrogens with zero attached hydrogens (tertiary/aromatic N) is 1. The molecular weight excluding hydrogens is 477 g/mol. The molecular formula is C22H19F3N2O6S. The lowest BCUT2D eigenvalue weighted by Crippen LogP contribution is -2.17. The van der Waals surface area contributed by atoms with Crippen LogP contribution in [0.15, 0.2) is 53.4 Å². The first-order valence-corrected chi connectivity index (χ1v) is 11.2. The third-order valence-corrected chi connectivity index (χ3v) is 5.78. The summed E-state index contributed by atoms with van der Waals surface area (Å²) in [5.74, 6) is -2.89. The van der Waals surface area contributed by atoms with Gasteiger partial charge in [0.05, 0.1) is 10.5 Å². The summed E-state index contributed by atoms with van der Waals surface area (Å²) in [6.45, 7) is -0.332. The number of ketones is 1. The number of esters is 1. The number of aromatic nitrogens is 1. The zero-order valence-electron chi connectivity index (χ0n) is 17.9. The Morgan fingerprint density at radius 3 is 2.26 bits per heavy atom. The molecule has 0 spiro atoms. The van der Waals surface area contributed by atoms with Gasteiger partial charge in [-0.25, -0.2) is 22.7 Å². The summed E-state index contributed by atoms with van der Waals surface area (Å²) in [7, 11) is -4.18. The first-order chi connectivity index (χ1) is 15.9. The lowest BCUT2D eigenvalue weighted by Gasteiger charge is -2.11. The summed E-state index contributed by atoms with van der Waals surface area (Å²) in [6.07, 6.45) is 0. The van der Waals surface area contributed by atoms with Crippen LogP contribution in [0.1, 0.15) is 32.1 Å². The molecule has 34 heavy (non-hydrogen) atoms. The summed E-state index contributed by atoms with van der Waals surface area (Å²) in [5, 5.41) is 4.99. The van der Waals surface area contributed by atoms with Crippen LogP contribution in [-0.2, 0) is 14.8 Å². The van der Waals surface area contributed by atoms with E-state index >= 15 is 0 Å². The van der Waals surface area contributed by atoms with Gasteiger partial charge in [0.15, 0.2) is 6.61 Å². The highest BCUT2D eigenvalue weighted by atomic mass is 32.2. The molecule has 0 aliphatic heterocycles. The SMILES string of the molecule is Cc1cc(C(=O)COC(=O)c2cc(S(N)(=O)=O)ccc2F)c(C)n1-c1ccc(OC(F)F)cc1. The van der Waals surface area contributed by atoms with Crippen LogP contribution in [0, 0.1) is 19.7 Å². The van der Waals surface area contributed by atoms with Crippen LogP contribution >= 0.6 is 0 Å². The number of aryl methyl sites for hydroxylation is 1. The predicted molar refractivity (Wildman–Crippen MR) is 114 cm³/mol. The Morgan fingerprint density at radius 1 is 1.03 bits per heavy atom. The summed E-state index contributed by atoms with van der Waals surface area (Å²) in [6, 6.07) is 9.71. The number of ether oxygens (including phenoxy) is 2. The monoisotopic (exact) mass is 496 g/mol. The molecule has 0 fully saturated rings. The minimum absolute atomic E-state index is 0.0249. The number of nitrogens with two attached hydrogens (primary N) is 1. The van der Waals surface area contributed by atoms with E-state index < -0.39 is 51.3 Å². The van der Waals surface area contributed by atoms with Gasteiger partial charge in [0.2, 0.25) is 15.8 Å². The van der Waals surface area contributed by atoms with Gasteiger partial charge in [-0.05, 0) is 62.4 Å². The maximum absolute atomic E-state index is 14.0. The van der Waals surface area contributed by atoms with E-state index in [1.54, 1.807) is 24.5 Å². The van der Waals surface area contributed by atoms with Crippen molar-refractivity contribution in [3.05, 3.63) is 76.9 Å². The van der Waals surface area contributed by atoms with Crippen molar-refractivity contribution in [2.75, 3.05) is 6.61 Å². The van der Waals surface area contributed by atoms with Gasteiger partial charge < -0.3 is 14.0 Å². The minimum Gasteiger partial charge on any atom is -0.454 e. The molecule has 180 valence electrons. The Hall–Kier alpha value is -3.64. The summed E-state index contributed by atoms with van der Waals surface area (Å²) in [5.41, 5.74) is 1.24. The van der Waals surface area contributed by atoms with E-state index in [1.165, 1.54) is 24.3 Å². The number of alkyl halides is 2. The zero-order chi connectivity index (χ0) is 25.2. The van der Waals surface area contributed by atoms with E-state index in [-0.39, 0.29) is 11.3 Å². The number of carbonyl (C=O) groups is 2. The molecule has 2 aromatic carbocycles. The molecule has 0 radical (unpaired) electrons. The lowest BCUT2D eigenvalue weighted by atomic mass is 10.1. The first kappa shape index (κ1) is 25.0. The minimum atomic E-state index is -4.18. The van der Waals surface area contributed by atoms with Crippen molar-refractivity contribution >= 4 is 21.8 Å². The van der Waals surface area contributed by atoms with Crippen LogP contribution in [0.3, 0.4) is 0 Å². The van der Waals surface area contributed by atoms with Gasteiger partial charge in [0.1, 0.15) is 11.6 Å². The van der Waals surface area contributed by atoms with Gasteiger partial charge in [-0.15, -0.1) is 0 Å². The second-order valence-corrected chi connectivity index (χ2v) is 8.74. The average Bonchev–Trinajstić information content (AvgIpc) is 3.05. The van der Waals surface area contributed by atoms with Crippen LogP contribution < -0.4 is 9.88 Å². The van der Waals surface area contributed by atoms with Crippen molar-refractivity contribution in [2.24, 2.45) is 5.14 Å². The molecule has 0 unspecified atom stereocenters. The highest BCUT2D eigenvalue weighted by Crippen LogP contribution is 2.24. The number of hydrogen-bond donors (Lipinski definition) is 1. The Kier molecular flexibility index (Phi) is 7.12. The lowest BCUT2D eigenvalue weighted by molar-refractivity contribution is -0.0498. The maximum atomic E-state index is 14.0. The van der Waals surface area contributed by atoms with Gasteiger partial charge in [0, 0.05) is 22.6 Å². The van der Waals surface area contributed by atoms with Crippen molar-refractivity contribution < 1.29 is 40.7 Å². The molecule has 2 N–H and O–H groups in total. The van der Waals surface area contributed by atoms with Crippen LogP contribution in [0.25, 0.3) is 5.69 Å². The van der Waals surface area contributed by atoms with Gasteiger partial charge in [-0.3, -0.25) is 4.79 Å². The van der Waals surface area contributed by atoms with Crippen molar-refractivity contribution in [3.8, 4) is 11.4 Å². The van der Waals surface area contributed by atoms with Gasteiger partial charge in [0.25, 0.3) is 0 Å². The third-order valence-electron chi connectivity index (χ3n) is 4.87. The summed E-state index contributed by atoms with van der Waals surface area (Å²) >= 11 is 0. The number of halogens is 3. The van der Waals surface area contributed by atoms with Gasteiger partial charge in [-0.2, -0.15) is 8.78 Å². The molecule has 8 nitrogen and oxygen atoms in total. The largest absolute Gasteiger partial charge is 0.454 e. The second kappa shape index (κ2) is 9.69. The van der Waals surface area contributed by atoms with E-state index in [0.717, 1.165) is 18.2 Å². The van der Waals surface area contributed by atoms with E-state index in [0.29, 0.717) is 17.1 Å². The average molecular weight is 496 g/mol. The quantitative estimate of drug-likeness (QED) is 0.377. The van der Waals surface area contributed by atoms with Crippen LogP contribution in [-0.4, -0.2) is 38.0 Å². The van der Waals surface area contributed by atoms with E-state index in [9.17, 15) is 31.2 Å². The normalized spacial score (nSPS) is 11.5. The Bertz CT molecular complexity index is 1350. The molecule has 3 rings (SSSR count). The van der Waals surface area contributed by atoms with Crippen molar-refractivity contribution in [3.63, 3.8) is 0 Å². The van der Waals surface area contributed by atoms with Crippen LogP contribution in [0.2, 0.25) is 0 Å². The number of hydrogen-bond acceptors (Lipinski definition) is 6. The van der Waals surface area contributed by atoms with Crippen molar-refractivity contribution in [1.82, 2.24) is 4.57 Å². The molecule has 3 aromatic rings. The number of rotatable bonds is 8. The number of carbonyl (C=O) groups excluding carboxylic acids is 2. The highest BCUT2D eigenvalue weighted by Gasteiger charge is 2.21. The number of sulfonamides is 1. The molecule has 0 bridgehead atoms. The van der Waals surface area contributed by atoms with Crippen molar-refractivity contribution in [1.29, 1.82) is 0 Å². The van der Waals surface area contributed by atoms with Gasteiger partial charge in [-0.1, -0.05) is 0 Å². The van der Waals surface area contributed by atoms with E-state index in [2.05, 4.69) is 4.74 Å². The Morgan fingerprint density at radius 2 is 1.68 bits per heavy atom. The molecule has 0 aliphatic rings.